The van der Waals surface area contributed by atoms with E-state index >= 15 is 0 Å². The zero-order valence-corrected chi connectivity index (χ0v) is 32.5. The maximum absolute atomic E-state index is 5.16. The summed E-state index contributed by atoms with van der Waals surface area (Å²) in [4.78, 5) is 6.53. The third-order valence-corrected chi connectivity index (χ3v) is 14.2. The topological polar surface area (TPSA) is 41.4 Å². The van der Waals surface area contributed by atoms with Gasteiger partial charge in [-0.2, -0.15) is 0 Å². The third kappa shape index (κ3) is 5.25. The number of allylic oxidation sites excluding steroid dienone is 1. The number of hydrogen-bond donors (Lipinski definition) is 2. The van der Waals surface area contributed by atoms with E-state index < -0.39 is 0 Å². The molecule has 2 N–H and O–H groups in total. The maximum atomic E-state index is 5.16. The van der Waals surface area contributed by atoms with Crippen molar-refractivity contribution in [2.45, 2.75) is 24.8 Å². The summed E-state index contributed by atoms with van der Waals surface area (Å²) in [5.41, 5.74) is 10.0. The van der Waals surface area contributed by atoms with Gasteiger partial charge in [-0.15, -0.1) is 22.7 Å². The lowest BCUT2D eigenvalue weighted by Gasteiger charge is -2.32. The van der Waals surface area contributed by atoms with Crippen LogP contribution in [0.5, 0.6) is 0 Å². The van der Waals surface area contributed by atoms with Gasteiger partial charge in [-0.25, -0.2) is 4.99 Å². The Hall–Kier alpha value is -6.31. The van der Waals surface area contributed by atoms with Crippen LogP contribution in [0.25, 0.3) is 69.3 Å². The molecule has 0 saturated heterocycles. The Bertz CT molecular complexity index is 3190. The number of nitrogens with zero attached hydrogens (tertiary/aromatic N) is 2. The first-order chi connectivity index (χ1) is 28.3. The lowest BCUT2D eigenvalue weighted by Crippen LogP contribution is -2.45. The van der Waals surface area contributed by atoms with Gasteiger partial charge in [0.1, 0.15) is 18.2 Å². The fraction of sp³-hybridized carbons (Fsp3) is 0.0784. The molecule has 272 valence electrons. The average molecular weight is 769 g/mol. The van der Waals surface area contributed by atoms with Crippen LogP contribution in [0, 0.1) is 0 Å². The maximum Gasteiger partial charge on any atom is 0.131 e. The molecule has 6 heteroatoms. The summed E-state index contributed by atoms with van der Waals surface area (Å²) >= 11 is 3.81. The monoisotopic (exact) mass is 768 g/mol. The molecule has 7 aromatic carbocycles. The van der Waals surface area contributed by atoms with E-state index in [0.717, 1.165) is 23.4 Å². The molecule has 1 aliphatic carbocycles. The Morgan fingerprint density at radius 1 is 0.596 bits per heavy atom. The molecule has 10 aromatic rings. The molecule has 3 atom stereocenters. The van der Waals surface area contributed by atoms with Crippen molar-refractivity contribution in [3.05, 3.63) is 197 Å². The number of benzene rings is 7. The van der Waals surface area contributed by atoms with E-state index in [2.05, 4.69) is 191 Å². The second-order valence-electron chi connectivity index (χ2n) is 15.1. The van der Waals surface area contributed by atoms with Crippen molar-refractivity contribution in [3.8, 4) is 11.1 Å². The Kier molecular flexibility index (Phi) is 7.58. The van der Waals surface area contributed by atoms with Crippen LogP contribution < -0.4 is 10.6 Å². The molecule has 4 nitrogen and oxygen atoms in total. The molecule has 0 spiro atoms. The normalized spacial score (nSPS) is 18.0. The lowest BCUT2D eigenvalue weighted by molar-refractivity contribution is 0.411. The molecule has 0 bridgehead atoms. The minimum atomic E-state index is -0.180. The molecule has 1 aliphatic heterocycles. The fourth-order valence-electron chi connectivity index (χ4n) is 9.32. The van der Waals surface area contributed by atoms with Gasteiger partial charge in [0.15, 0.2) is 0 Å². The van der Waals surface area contributed by atoms with E-state index in [0.29, 0.717) is 0 Å². The number of aliphatic imine (C=N–C) groups is 1. The molecule has 0 radical (unpaired) electrons. The summed E-state index contributed by atoms with van der Waals surface area (Å²) in [5.74, 6) is 0.897. The summed E-state index contributed by atoms with van der Waals surface area (Å²) < 4.78 is 6.51. The second kappa shape index (κ2) is 13.1. The van der Waals surface area contributed by atoms with Crippen LogP contribution in [0.15, 0.2) is 175 Å². The van der Waals surface area contributed by atoms with Gasteiger partial charge in [-0.3, -0.25) is 5.32 Å². The fourth-order valence-corrected chi connectivity index (χ4v) is 11.8. The van der Waals surface area contributed by atoms with E-state index in [4.69, 9.17) is 4.99 Å². The molecule has 57 heavy (non-hydrogen) atoms. The van der Waals surface area contributed by atoms with Crippen LogP contribution in [-0.2, 0) is 0 Å². The van der Waals surface area contributed by atoms with Crippen LogP contribution >= 0.6 is 22.7 Å². The van der Waals surface area contributed by atoms with Crippen molar-refractivity contribution in [2.75, 3.05) is 0 Å². The first-order valence-electron chi connectivity index (χ1n) is 19.6. The second-order valence-corrected chi connectivity index (χ2v) is 17.2. The Labute approximate surface area is 338 Å². The SMILES string of the molecule is C1=Cc2sc3cc(-c4cccc5sc6c(C7NC(c8ccccc8)=NC(c8ccccc8)N7)cccc6c45)ccc3c2C(n2c3ccccc3c3ccccc32)C1. The van der Waals surface area contributed by atoms with Crippen LogP contribution in [0.2, 0.25) is 0 Å². The van der Waals surface area contributed by atoms with Crippen molar-refractivity contribution in [2.24, 2.45) is 4.99 Å². The van der Waals surface area contributed by atoms with Crippen molar-refractivity contribution in [1.82, 2.24) is 15.2 Å². The summed E-state index contributed by atoms with van der Waals surface area (Å²) in [6, 6.07) is 59.8. The molecule has 3 aromatic heterocycles. The number of hydrogen-bond acceptors (Lipinski definition) is 5. The van der Waals surface area contributed by atoms with Gasteiger partial charge in [0.25, 0.3) is 0 Å². The summed E-state index contributed by atoms with van der Waals surface area (Å²) in [6.07, 6.45) is 5.38. The van der Waals surface area contributed by atoms with Crippen molar-refractivity contribution < 1.29 is 0 Å². The number of para-hydroxylation sites is 2. The molecular weight excluding hydrogens is 733 g/mol. The van der Waals surface area contributed by atoms with E-state index in [1.165, 1.54) is 79.2 Å². The predicted molar refractivity (Wildman–Crippen MR) is 243 cm³/mol. The highest BCUT2D eigenvalue weighted by atomic mass is 32.1. The minimum Gasteiger partial charge on any atom is -0.350 e. The average Bonchev–Trinajstić information content (AvgIpc) is 3.96. The summed E-state index contributed by atoms with van der Waals surface area (Å²) in [6.45, 7) is 0. The van der Waals surface area contributed by atoms with E-state index in [9.17, 15) is 0 Å². The number of amidine groups is 1. The van der Waals surface area contributed by atoms with Gasteiger partial charge in [0.2, 0.25) is 0 Å². The number of rotatable bonds is 5. The standard InChI is InChI=1S/C51H36N4S2/c1-3-14-31(15-4-1)49-52-50(32-16-5-2-6-17-32)54-51(53-49)39-22-11-21-38-46-34(20-12-26-43(46)57-48(38)39)33-28-29-37-45(30-33)56-44-27-13-25-42(47(37)44)55-40-23-9-7-18-35(40)36-19-8-10-24-41(36)55/h1-24,26-30,42,49,51,53H,25H2,(H,52,54). The van der Waals surface area contributed by atoms with Gasteiger partial charge in [-0.05, 0) is 58.8 Å². The highest BCUT2D eigenvalue weighted by Gasteiger charge is 2.29. The van der Waals surface area contributed by atoms with Crippen LogP contribution in [0.3, 0.4) is 0 Å². The number of aromatic nitrogens is 1. The molecule has 0 saturated carbocycles. The predicted octanol–water partition coefficient (Wildman–Crippen LogP) is 13.4. The van der Waals surface area contributed by atoms with Crippen molar-refractivity contribution in [1.29, 1.82) is 0 Å². The van der Waals surface area contributed by atoms with Crippen LogP contribution in [0.4, 0.5) is 0 Å². The molecule has 4 heterocycles. The van der Waals surface area contributed by atoms with E-state index in [-0.39, 0.29) is 18.4 Å². The largest absolute Gasteiger partial charge is 0.350 e. The van der Waals surface area contributed by atoms with Crippen molar-refractivity contribution >= 4 is 86.6 Å². The van der Waals surface area contributed by atoms with E-state index in [1.54, 1.807) is 0 Å². The zero-order valence-electron chi connectivity index (χ0n) is 30.9. The highest BCUT2D eigenvalue weighted by molar-refractivity contribution is 7.26. The van der Waals surface area contributed by atoms with E-state index in [1.807, 2.05) is 22.7 Å². The van der Waals surface area contributed by atoms with Crippen LogP contribution in [0.1, 0.15) is 51.9 Å². The smallest absolute Gasteiger partial charge is 0.131 e. The molecule has 0 amide bonds. The molecule has 2 aliphatic rings. The molecular formula is C51H36N4S2. The first kappa shape index (κ1) is 32.9. The third-order valence-electron chi connectivity index (χ3n) is 11.8. The molecule has 0 fully saturated rings. The lowest BCUT2D eigenvalue weighted by atomic mass is 9.93. The number of nitrogens with one attached hydrogen (secondary N) is 2. The van der Waals surface area contributed by atoms with Gasteiger partial charge in [0.05, 0.1) is 6.04 Å². The van der Waals surface area contributed by atoms with Crippen molar-refractivity contribution in [3.63, 3.8) is 0 Å². The quantitative estimate of drug-likeness (QED) is 0.183. The highest BCUT2D eigenvalue weighted by Crippen LogP contribution is 2.48. The molecule has 3 unspecified atom stereocenters. The Balaban J connectivity index is 0.966. The minimum absolute atomic E-state index is 0.132. The van der Waals surface area contributed by atoms with Gasteiger partial charge >= 0.3 is 0 Å². The molecule has 12 rings (SSSR count). The van der Waals surface area contributed by atoms with Crippen LogP contribution in [-0.4, -0.2) is 10.4 Å². The Morgan fingerprint density at radius 3 is 2.12 bits per heavy atom. The van der Waals surface area contributed by atoms with Gasteiger partial charge in [-0.1, -0.05) is 146 Å². The summed E-state index contributed by atoms with van der Waals surface area (Å²) in [7, 11) is 0. The Morgan fingerprint density at radius 2 is 1.32 bits per heavy atom. The first-order valence-corrected chi connectivity index (χ1v) is 21.3. The zero-order chi connectivity index (χ0) is 37.5. The van der Waals surface area contributed by atoms with Gasteiger partial charge in [0, 0.05) is 68.2 Å². The number of fused-ring (bicyclic) bond motifs is 9. The number of thiophene rings is 2. The summed E-state index contributed by atoms with van der Waals surface area (Å²) in [5, 5.41) is 14.2. The van der Waals surface area contributed by atoms with Gasteiger partial charge < -0.3 is 9.88 Å².